The van der Waals surface area contributed by atoms with Crippen LogP contribution in [0, 0.1) is 0 Å². The normalized spacial score (nSPS) is 12.8. The molecule has 0 radical (unpaired) electrons. The van der Waals surface area contributed by atoms with Gasteiger partial charge in [-0.25, -0.2) is 29.9 Å². The minimum atomic E-state index is -0.180. The Balaban J connectivity index is 0.000000142. The molecule has 6 heterocycles. The summed E-state index contributed by atoms with van der Waals surface area (Å²) in [6.45, 7) is 9.26. The van der Waals surface area contributed by atoms with Crippen LogP contribution in [0.15, 0.2) is 449 Å². The quantitative estimate of drug-likeness (QED) is 0.114. The molecule has 0 atom stereocenters. The first kappa shape index (κ1) is 79.4. The Bertz CT molecular complexity index is 9170. The molecule has 640 valence electrons. The van der Waals surface area contributed by atoms with E-state index in [4.69, 9.17) is 29.9 Å². The molecule has 10 nitrogen and oxygen atoms in total. The van der Waals surface area contributed by atoms with Gasteiger partial charge in [-0.2, -0.15) is 0 Å². The molecule has 2 aliphatic carbocycles. The van der Waals surface area contributed by atoms with Gasteiger partial charge in [-0.3, -0.25) is 0 Å². The maximum Gasteiger partial charge on any atom is 0.164 e. The lowest BCUT2D eigenvalue weighted by atomic mass is 9.82. The van der Waals surface area contributed by atoms with Crippen LogP contribution < -0.4 is 0 Å². The molecule has 27 rings (SSSR count). The van der Waals surface area contributed by atoms with E-state index < -0.39 is 0 Å². The standard InChI is InChI=1S/C66H45N5.C60H41N5/c1-66(2)57-28-12-9-25-51(57)52-34-32-48(40-58(52)66)65-68-63(46-20-15-19-43(37-46)45-31-35-55-53-26-10-13-29-59(53)70(62(55)41-45)49-22-7-4-8-23-49)67-64(69-65)47-21-16-24-50(38-47)71-60-30-14-11-27-54(60)56-39-44(33-36-61(56)71)42-17-5-3-6-18-42;1-60(2)51-25-12-9-22-45(51)46-31-28-42(37-52(46)60)59-62-57(61-58(63-59)41-30-33-55-50(36-41)48-24-10-13-26-53(48)64(55)43-19-7-4-8-20-43)40-18-15-21-44(34-40)65-54-27-14-11-23-47(54)49-35-39(29-32-56(49)65)38-16-5-3-6-17-38/h3-41H,1-2H3;3-37H,1-2H3. The number of aromatic nitrogens is 10. The second-order valence-corrected chi connectivity index (χ2v) is 36.9. The van der Waals surface area contributed by atoms with Crippen molar-refractivity contribution in [3.05, 3.63) is 471 Å². The number of rotatable bonds is 13. The number of hydrogen-bond acceptors (Lipinski definition) is 6. The summed E-state index contributed by atoms with van der Waals surface area (Å²) in [5.41, 5.74) is 36.1. The smallest absolute Gasteiger partial charge is 0.164 e. The summed E-state index contributed by atoms with van der Waals surface area (Å²) < 4.78 is 9.44. The van der Waals surface area contributed by atoms with Gasteiger partial charge in [-0.1, -0.05) is 337 Å². The molecule has 0 unspecified atom stereocenters. The van der Waals surface area contributed by atoms with Gasteiger partial charge < -0.3 is 18.3 Å². The minimum absolute atomic E-state index is 0.170. The average Bonchev–Trinajstić information content (AvgIpc) is 1.57. The van der Waals surface area contributed by atoms with Crippen molar-refractivity contribution >= 4 is 87.2 Å². The van der Waals surface area contributed by atoms with Gasteiger partial charge in [0.2, 0.25) is 0 Å². The van der Waals surface area contributed by atoms with Crippen molar-refractivity contribution in [1.29, 1.82) is 0 Å². The van der Waals surface area contributed by atoms with Gasteiger partial charge in [0.1, 0.15) is 0 Å². The van der Waals surface area contributed by atoms with Crippen molar-refractivity contribution in [3.63, 3.8) is 0 Å². The summed E-state index contributed by atoms with van der Waals surface area (Å²) in [4.78, 5) is 32.1. The van der Waals surface area contributed by atoms with Gasteiger partial charge in [0.15, 0.2) is 34.9 Å². The average molecular weight is 1740 g/mol. The number of fused-ring (bicyclic) bond motifs is 18. The molecular formula is C126H86N10. The van der Waals surface area contributed by atoms with Crippen molar-refractivity contribution in [2.24, 2.45) is 0 Å². The molecule has 0 spiro atoms. The van der Waals surface area contributed by atoms with Crippen LogP contribution in [-0.4, -0.2) is 48.2 Å². The first-order valence-electron chi connectivity index (χ1n) is 46.6. The van der Waals surface area contributed by atoms with E-state index >= 15 is 0 Å². The molecule has 0 saturated heterocycles. The molecule has 0 aliphatic heterocycles. The molecule has 0 fully saturated rings. The zero-order chi connectivity index (χ0) is 90.4. The number of para-hydroxylation sites is 6. The summed E-state index contributed by atoms with van der Waals surface area (Å²) >= 11 is 0. The molecule has 0 amide bonds. The summed E-state index contributed by atoms with van der Waals surface area (Å²) in [5, 5.41) is 9.61. The van der Waals surface area contributed by atoms with Crippen LogP contribution in [-0.2, 0) is 10.8 Å². The van der Waals surface area contributed by atoms with Gasteiger partial charge in [0.05, 0.1) is 44.1 Å². The fraction of sp³-hybridized carbons (Fsp3) is 0.0476. The third-order valence-corrected chi connectivity index (χ3v) is 28.3. The first-order valence-corrected chi connectivity index (χ1v) is 46.6. The zero-order valence-electron chi connectivity index (χ0n) is 75.2. The molecule has 25 aromatic rings. The van der Waals surface area contributed by atoms with E-state index in [1.54, 1.807) is 0 Å². The molecule has 0 saturated carbocycles. The van der Waals surface area contributed by atoms with E-state index in [1.165, 1.54) is 110 Å². The van der Waals surface area contributed by atoms with E-state index in [0.29, 0.717) is 34.9 Å². The molecule has 6 aromatic heterocycles. The largest absolute Gasteiger partial charge is 0.309 e. The highest BCUT2D eigenvalue weighted by Gasteiger charge is 2.38. The molecule has 19 aromatic carbocycles. The van der Waals surface area contributed by atoms with Crippen LogP contribution in [0.1, 0.15) is 49.9 Å². The number of hydrogen-bond donors (Lipinski definition) is 0. The van der Waals surface area contributed by atoms with Crippen molar-refractivity contribution in [3.8, 4) is 147 Å². The topological polar surface area (TPSA) is 97.1 Å². The maximum absolute atomic E-state index is 5.36. The predicted molar refractivity (Wildman–Crippen MR) is 561 cm³/mol. The fourth-order valence-corrected chi connectivity index (χ4v) is 21.7. The van der Waals surface area contributed by atoms with E-state index in [-0.39, 0.29) is 10.8 Å². The van der Waals surface area contributed by atoms with Crippen molar-refractivity contribution < 1.29 is 0 Å². The molecular weight excluding hydrogens is 1650 g/mol. The SMILES string of the molecule is CC1(C)c2ccccc2-c2ccc(-c3nc(-c4cccc(-c5ccc6c7ccccc7n(-c7ccccc7)c6c5)c4)nc(-c4cccc(-n5c6ccccc6c6cc(-c7ccccc7)ccc65)c4)n3)cc21.CC1(C)c2ccccc2-c2ccc(-c3nc(-c4cccc(-n5c6ccccc6c6cc(-c7ccccc7)ccc65)c4)nc(-c4ccc5c(c4)c4ccccc4n5-c4ccccc4)n3)cc21. The third kappa shape index (κ3) is 13.1. The highest BCUT2D eigenvalue weighted by atomic mass is 15.1. The number of benzene rings is 19. The molecule has 0 bridgehead atoms. The Kier molecular flexibility index (Phi) is 18.4. The van der Waals surface area contributed by atoms with Crippen molar-refractivity contribution in [2.45, 2.75) is 38.5 Å². The van der Waals surface area contributed by atoms with Crippen LogP contribution in [0.3, 0.4) is 0 Å². The number of nitrogens with zero attached hydrogens (tertiary/aromatic N) is 10. The van der Waals surface area contributed by atoms with Crippen LogP contribution in [0.4, 0.5) is 0 Å². The highest BCUT2D eigenvalue weighted by Crippen LogP contribution is 2.53. The highest BCUT2D eigenvalue weighted by molar-refractivity contribution is 6.14. The van der Waals surface area contributed by atoms with Gasteiger partial charge in [0, 0.05) is 110 Å². The summed E-state index contributed by atoms with van der Waals surface area (Å²) in [6.07, 6.45) is 0. The lowest BCUT2D eigenvalue weighted by Gasteiger charge is -2.21. The summed E-state index contributed by atoms with van der Waals surface area (Å²) in [5.74, 6) is 3.75. The zero-order valence-corrected chi connectivity index (χ0v) is 75.2. The van der Waals surface area contributed by atoms with Gasteiger partial charge in [-0.05, 0) is 217 Å². The lowest BCUT2D eigenvalue weighted by molar-refractivity contribution is 0.660. The molecule has 0 N–H and O–H groups in total. The Labute approximate surface area is 786 Å². The lowest BCUT2D eigenvalue weighted by Crippen LogP contribution is -2.15. The van der Waals surface area contributed by atoms with Crippen LogP contribution >= 0.6 is 0 Å². The Morgan fingerprint density at radius 3 is 0.824 bits per heavy atom. The Morgan fingerprint density at radius 2 is 0.397 bits per heavy atom. The summed E-state index contributed by atoms with van der Waals surface area (Å²) in [6, 6.07) is 161. The molecule has 10 heteroatoms. The third-order valence-electron chi connectivity index (χ3n) is 28.3. The molecule has 2 aliphatic rings. The van der Waals surface area contributed by atoms with Crippen molar-refractivity contribution in [1.82, 2.24) is 48.2 Å². The van der Waals surface area contributed by atoms with Crippen molar-refractivity contribution in [2.75, 3.05) is 0 Å². The fourth-order valence-electron chi connectivity index (χ4n) is 21.7. The van der Waals surface area contributed by atoms with E-state index in [2.05, 4.69) is 495 Å². The maximum atomic E-state index is 5.36. The predicted octanol–water partition coefficient (Wildman–Crippen LogP) is 31.7. The van der Waals surface area contributed by atoms with E-state index in [1.807, 2.05) is 0 Å². The minimum Gasteiger partial charge on any atom is -0.309 e. The van der Waals surface area contributed by atoms with Gasteiger partial charge in [-0.15, -0.1) is 0 Å². The first-order chi connectivity index (χ1) is 66.9. The Morgan fingerprint density at radius 1 is 0.147 bits per heavy atom. The van der Waals surface area contributed by atoms with Crippen LogP contribution in [0.25, 0.3) is 234 Å². The van der Waals surface area contributed by atoms with Crippen LogP contribution in [0.2, 0.25) is 0 Å². The van der Waals surface area contributed by atoms with Crippen LogP contribution in [0.5, 0.6) is 0 Å². The van der Waals surface area contributed by atoms with E-state index in [0.717, 1.165) is 111 Å². The summed E-state index contributed by atoms with van der Waals surface area (Å²) in [7, 11) is 0. The molecule has 136 heavy (non-hydrogen) atoms. The monoisotopic (exact) mass is 1740 g/mol. The Hall–Kier alpha value is -17.6. The van der Waals surface area contributed by atoms with E-state index in [9.17, 15) is 0 Å². The second kappa shape index (κ2) is 31.6. The van der Waals surface area contributed by atoms with Gasteiger partial charge >= 0.3 is 0 Å². The second-order valence-electron chi connectivity index (χ2n) is 36.9. The van der Waals surface area contributed by atoms with Gasteiger partial charge in [0.25, 0.3) is 0 Å².